The van der Waals surface area contributed by atoms with Crippen LogP contribution in [0.1, 0.15) is 36.5 Å². The molecule has 30 heavy (non-hydrogen) atoms. The Morgan fingerprint density at radius 1 is 1.07 bits per heavy atom. The van der Waals surface area contributed by atoms with Crippen molar-refractivity contribution in [2.45, 2.75) is 32.2 Å². The second kappa shape index (κ2) is 11.1. The molecule has 160 valence electrons. The number of benzene rings is 2. The summed E-state index contributed by atoms with van der Waals surface area (Å²) in [5.74, 6) is 1.17. The summed E-state index contributed by atoms with van der Waals surface area (Å²) in [7, 11) is 0. The molecule has 2 N–H and O–H groups in total. The molecule has 1 aliphatic rings. The highest BCUT2D eigenvalue weighted by atomic mass is 32.2. The fraction of sp³-hybridized carbons (Fsp3) is 0.417. The number of piperidine rings is 1. The summed E-state index contributed by atoms with van der Waals surface area (Å²) in [5.41, 5.74) is 2.49. The first kappa shape index (κ1) is 22.2. The number of amides is 2. The first-order valence-corrected chi connectivity index (χ1v) is 12.0. The fourth-order valence-corrected chi connectivity index (χ4v) is 4.06. The van der Waals surface area contributed by atoms with Crippen molar-refractivity contribution in [3.8, 4) is 0 Å². The molecule has 1 heterocycles. The normalized spacial score (nSPS) is 15.5. The lowest BCUT2D eigenvalue weighted by atomic mass is 9.99. The molecule has 2 aromatic carbocycles. The van der Waals surface area contributed by atoms with E-state index < -0.39 is 6.04 Å². The Bertz CT molecular complexity index is 818. The highest BCUT2D eigenvalue weighted by Crippen LogP contribution is 2.24. The van der Waals surface area contributed by atoms with Crippen LogP contribution in [0.3, 0.4) is 0 Å². The SMILES string of the molecule is CSCC[C@H](NC(=O)c1ccccc1)C(=O)Nc1ccc(N2CCC(C)CC2)cc1. The molecule has 2 aromatic rings. The van der Waals surface area contributed by atoms with E-state index in [1.165, 1.54) is 18.5 Å². The van der Waals surface area contributed by atoms with Crippen LogP contribution in [0.25, 0.3) is 0 Å². The Kier molecular flexibility index (Phi) is 8.20. The molecule has 5 nitrogen and oxygen atoms in total. The molecule has 1 fully saturated rings. The molecule has 6 heteroatoms. The van der Waals surface area contributed by atoms with E-state index in [0.29, 0.717) is 12.0 Å². The maximum Gasteiger partial charge on any atom is 0.251 e. The monoisotopic (exact) mass is 425 g/mol. The van der Waals surface area contributed by atoms with Gasteiger partial charge in [-0.2, -0.15) is 11.8 Å². The van der Waals surface area contributed by atoms with Crippen LogP contribution >= 0.6 is 11.8 Å². The van der Waals surface area contributed by atoms with Crippen molar-refractivity contribution in [3.05, 3.63) is 60.2 Å². The second-order valence-corrected chi connectivity index (χ2v) is 8.86. The Morgan fingerprint density at radius 2 is 1.73 bits per heavy atom. The summed E-state index contributed by atoms with van der Waals surface area (Å²) in [6.45, 7) is 4.46. The molecule has 0 radical (unpaired) electrons. The predicted octanol–water partition coefficient (Wildman–Crippen LogP) is 4.41. The minimum atomic E-state index is -0.576. The quantitative estimate of drug-likeness (QED) is 0.658. The maximum absolute atomic E-state index is 12.9. The zero-order valence-corrected chi connectivity index (χ0v) is 18.6. The number of hydrogen-bond donors (Lipinski definition) is 2. The molecule has 0 aromatic heterocycles. The zero-order chi connectivity index (χ0) is 21.3. The Labute approximate surface area is 183 Å². The number of anilines is 2. The van der Waals surface area contributed by atoms with Crippen molar-refractivity contribution in [2.24, 2.45) is 5.92 Å². The molecular formula is C24H31N3O2S. The molecule has 0 bridgehead atoms. The van der Waals surface area contributed by atoms with Gasteiger partial charge < -0.3 is 15.5 Å². The largest absolute Gasteiger partial charge is 0.372 e. The summed E-state index contributed by atoms with van der Waals surface area (Å²) in [6.07, 6.45) is 5.01. The number of carbonyl (C=O) groups is 2. The Hall–Kier alpha value is -2.47. The van der Waals surface area contributed by atoms with Gasteiger partial charge in [0.2, 0.25) is 5.91 Å². The topological polar surface area (TPSA) is 61.4 Å². The molecular weight excluding hydrogens is 394 g/mol. The molecule has 0 spiro atoms. The summed E-state index contributed by atoms with van der Waals surface area (Å²) >= 11 is 1.66. The first-order valence-electron chi connectivity index (χ1n) is 10.6. The lowest BCUT2D eigenvalue weighted by molar-refractivity contribution is -0.118. The summed E-state index contributed by atoms with van der Waals surface area (Å²) in [6, 6.07) is 16.4. The average molecular weight is 426 g/mol. The van der Waals surface area contributed by atoms with Crippen LogP contribution in [0.5, 0.6) is 0 Å². The van der Waals surface area contributed by atoms with Gasteiger partial charge in [-0.1, -0.05) is 25.1 Å². The predicted molar refractivity (Wildman–Crippen MR) is 126 cm³/mol. The fourth-order valence-electron chi connectivity index (χ4n) is 3.59. The van der Waals surface area contributed by atoms with Gasteiger partial charge in [-0.3, -0.25) is 9.59 Å². The lowest BCUT2D eigenvalue weighted by Gasteiger charge is -2.32. The zero-order valence-electron chi connectivity index (χ0n) is 17.8. The molecule has 1 atom stereocenters. The van der Waals surface area contributed by atoms with Crippen molar-refractivity contribution in [2.75, 3.05) is 35.3 Å². The molecule has 0 aliphatic carbocycles. The van der Waals surface area contributed by atoms with Crippen LogP contribution in [-0.2, 0) is 4.79 Å². The van der Waals surface area contributed by atoms with E-state index in [-0.39, 0.29) is 11.8 Å². The van der Waals surface area contributed by atoms with E-state index >= 15 is 0 Å². The number of nitrogens with one attached hydrogen (secondary N) is 2. The van der Waals surface area contributed by atoms with Gasteiger partial charge >= 0.3 is 0 Å². The van der Waals surface area contributed by atoms with Crippen LogP contribution in [0, 0.1) is 5.92 Å². The number of rotatable bonds is 8. The van der Waals surface area contributed by atoms with Crippen LogP contribution in [0.15, 0.2) is 54.6 Å². The molecule has 1 saturated heterocycles. The van der Waals surface area contributed by atoms with Crippen molar-refractivity contribution < 1.29 is 9.59 Å². The minimum absolute atomic E-state index is 0.187. The summed E-state index contributed by atoms with van der Waals surface area (Å²) in [5, 5.41) is 5.85. The Balaban J connectivity index is 1.61. The van der Waals surface area contributed by atoms with Gasteiger partial charge in [-0.05, 0) is 73.6 Å². The third-order valence-electron chi connectivity index (χ3n) is 5.55. The van der Waals surface area contributed by atoms with Gasteiger partial charge in [-0.15, -0.1) is 0 Å². The van der Waals surface area contributed by atoms with Gasteiger partial charge in [0.15, 0.2) is 0 Å². The number of thioether (sulfide) groups is 1. The summed E-state index contributed by atoms with van der Waals surface area (Å²) < 4.78 is 0. The van der Waals surface area contributed by atoms with E-state index in [1.807, 2.05) is 36.6 Å². The molecule has 0 saturated carbocycles. The molecule has 2 amide bonds. The molecule has 1 aliphatic heterocycles. The Morgan fingerprint density at radius 3 is 2.37 bits per heavy atom. The third-order valence-corrected chi connectivity index (χ3v) is 6.20. The van der Waals surface area contributed by atoms with Crippen LogP contribution in [0.2, 0.25) is 0 Å². The van der Waals surface area contributed by atoms with E-state index in [1.54, 1.807) is 23.9 Å². The van der Waals surface area contributed by atoms with Crippen molar-refractivity contribution >= 4 is 35.0 Å². The maximum atomic E-state index is 12.9. The minimum Gasteiger partial charge on any atom is -0.372 e. The molecule has 0 unspecified atom stereocenters. The van der Waals surface area contributed by atoms with Gasteiger partial charge in [-0.25, -0.2) is 0 Å². The van der Waals surface area contributed by atoms with Crippen LogP contribution in [0.4, 0.5) is 11.4 Å². The molecule has 3 rings (SSSR count). The van der Waals surface area contributed by atoms with Crippen molar-refractivity contribution in [1.82, 2.24) is 5.32 Å². The third kappa shape index (κ3) is 6.26. The summed E-state index contributed by atoms with van der Waals surface area (Å²) in [4.78, 5) is 27.8. The smallest absolute Gasteiger partial charge is 0.251 e. The highest BCUT2D eigenvalue weighted by Gasteiger charge is 2.21. The average Bonchev–Trinajstić information content (AvgIpc) is 2.78. The van der Waals surface area contributed by atoms with E-state index in [4.69, 9.17) is 0 Å². The first-order chi connectivity index (χ1) is 14.6. The highest BCUT2D eigenvalue weighted by molar-refractivity contribution is 7.98. The van der Waals surface area contributed by atoms with Gasteiger partial charge in [0.05, 0.1) is 0 Å². The van der Waals surface area contributed by atoms with E-state index in [2.05, 4.69) is 34.6 Å². The van der Waals surface area contributed by atoms with Crippen molar-refractivity contribution in [3.63, 3.8) is 0 Å². The van der Waals surface area contributed by atoms with Gasteiger partial charge in [0, 0.05) is 30.0 Å². The van der Waals surface area contributed by atoms with Gasteiger partial charge in [0.1, 0.15) is 6.04 Å². The van der Waals surface area contributed by atoms with Crippen molar-refractivity contribution in [1.29, 1.82) is 0 Å². The number of carbonyl (C=O) groups excluding carboxylic acids is 2. The lowest BCUT2D eigenvalue weighted by Crippen LogP contribution is -2.44. The van der Waals surface area contributed by atoms with Gasteiger partial charge in [0.25, 0.3) is 5.91 Å². The number of nitrogens with zero attached hydrogens (tertiary/aromatic N) is 1. The standard InChI is InChI=1S/C24H31N3O2S/c1-18-12-15-27(16-13-18)21-10-8-20(9-11-21)25-24(29)22(14-17-30-2)26-23(28)19-6-4-3-5-7-19/h3-11,18,22H,12-17H2,1-2H3,(H,25,29)(H,26,28)/t22-/m0/s1. The van der Waals surface area contributed by atoms with E-state index in [0.717, 1.165) is 30.4 Å². The van der Waals surface area contributed by atoms with Crippen LogP contribution in [-0.4, -0.2) is 43.0 Å². The second-order valence-electron chi connectivity index (χ2n) is 7.88. The number of hydrogen-bond acceptors (Lipinski definition) is 4. The van der Waals surface area contributed by atoms with E-state index in [9.17, 15) is 9.59 Å². The van der Waals surface area contributed by atoms with Crippen LogP contribution < -0.4 is 15.5 Å².